The van der Waals surface area contributed by atoms with Crippen LogP contribution in [-0.4, -0.2) is 26.7 Å². The van der Waals surface area contributed by atoms with E-state index in [2.05, 4.69) is 41.2 Å². The highest BCUT2D eigenvalue weighted by Gasteiger charge is 2.16. The number of Topliss-reactive ketones (excluding diaryl/α,β-unsaturated/α-hetero) is 1. The fraction of sp³-hybridized carbons (Fsp3) is 0.227. The highest BCUT2D eigenvalue weighted by Crippen LogP contribution is 2.29. The zero-order valence-corrected chi connectivity index (χ0v) is 16.7. The van der Waals surface area contributed by atoms with Gasteiger partial charge in [0.1, 0.15) is 0 Å². The maximum absolute atomic E-state index is 12.8. The molecule has 0 fully saturated rings. The van der Waals surface area contributed by atoms with Crippen LogP contribution in [0.25, 0.3) is 22.4 Å². The minimum absolute atomic E-state index is 0.0870. The second-order valence-electron chi connectivity index (χ2n) is 6.53. The van der Waals surface area contributed by atoms with Crippen molar-refractivity contribution in [1.29, 1.82) is 0 Å². The Morgan fingerprint density at radius 2 is 1.96 bits per heavy atom. The van der Waals surface area contributed by atoms with Crippen LogP contribution in [0.3, 0.4) is 0 Å². The first-order chi connectivity index (χ1) is 13.7. The third-order valence-corrected chi connectivity index (χ3v) is 5.64. The minimum atomic E-state index is 0.0870. The van der Waals surface area contributed by atoms with Crippen LogP contribution < -0.4 is 0 Å². The fourth-order valence-electron chi connectivity index (χ4n) is 3.24. The summed E-state index contributed by atoms with van der Waals surface area (Å²) in [6.45, 7) is 4.16. The zero-order valence-electron chi connectivity index (χ0n) is 15.9. The molecule has 0 radical (unpaired) electrons. The number of fused-ring (bicyclic) bond motifs is 1. The molecule has 2 heterocycles. The van der Waals surface area contributed by atoms with Crippen molar-refractivity contribution in [2.75, 3.05) is 5.75 Å². The number of aromatic nitrogens is 3. The van der Waals surface area contributed by atoms with E-state index in [-0.39, 0.29) is 11.5 Å². The molecule has 28 heavy (non-hydrogen) atoms. The van der Waals surface area contributed by atoms with Crippen molar-refractivity contribution in [3.8, 4) is 11.5 Å². The van der Waals surface area contributed by atoms with Gasteiger partial charge in [0.2, 0.25) is 0 Å². The first kappa shape index (κ1) is 18.5. The Morgan fingerprint density at radius 1 is 1.11 bits per heavy atom. The number of aromatic amines is 1. The monoisotopic (exact) mass is 391 g/mol. The number of benzene rings is 2. The molecule has 0 unspecified atom stereocenters. The molecule has 2 aromatic heterocycles. The standard InChI is InChI=1S/C22H21N3O2S/c1-3-14-9-10-15(4-2)17(11-14)20(26)13-28-22-25-24-21(27-22)18-12-23-19-8-6-5-7-16(18)19/h5-12,23H,3-4,13H2,1-2H3. The Bertz CT molecular complexity index is 1130. The summed E-state index contributed by atoms with van der Waals surface area (Å²) in [5.41, 5.74) is 4.93. The third kappa shape index (κ3) is 3.60. The maximum Gasteiger partial charge on any atom is 0.277 e. The molecule has 0 amide bonds. The number of hydrogen-bond acceptors (Lipinski definition) is 5. The smallest absolute Gasteiger partial charge is 0.277 e. The highest BCUT2D eigenvalue weighted by molar-refractivity contribution is 7.99. The summed E-state index contributed by atoms with van der Waals surface area (Å²) >= 11 is 1.28. The molecule has 0 aliphatic carbocycles. The average Bonchev–Trinajstić information content (AvgIpc) is 3.38. The van der Waals surface area contributed by atoms with E-state index in [0.717, 1.165) is 40.4 Å². The van der Waals surface area contributed by atoms with Crippen LogP contribution in [-0.2, 0) is 12.8 Å². The predicted molar refractivity (Wildman–Crippen MR) is 112 cm³/mol. The van der Waals surface area contributed by atoms with Gasteiger partial charge in [0, 0.05) is 22.7 Å². The lowest BCUT2D eigenvalue weighted by Crippen LogP contribution is -2.07. The Morgan fingerprint density at radius 3 is 2.79 bits per heavy atom. The molecule has 0 spiro atoms. The lowest BCUT2D eigenvalue weighted by molar-refractivity contribution is 0.102. The second kappa shape index (κ2) is 8.02. The molecule has 5 nitrogen and oxygen atoms in total. The summed E-state index contributed by atoms with van der Waals surface area (Å²) in [6, 6.07) is 14.1. The van der Waals surface area contributed by atoms with Crippen molar-refractivity contribution < 1.29 is 9.21 Å². The van der Waals surface area contributed by atoms with Crippen LogP contribution in [0.1, 0.15) is 35.3 Å². The van der Waals surface area contributed by atoms with Crippen molar-refractivity contribution in [2.24, 2.45) is 0 Å². The summed E-state index contributed by atoms with van der Waals surface area (Å²) < 4.78 is 5.79. The van der Waals surface area contributed by atoms with Gasteiger partial charge in [-0.25, -0.2) is 0 Å². The molecule has 1 N–H and O–H groups in total. The topological polar surface area (TPSA) is 71.8 Å². The van der Waals surface area contributed by atoms with Gasteiger partial charge in [-0.15, -0.1) is 10.2 Å². The van der Waals surface area contributed by atoms with Crippen LogP contribution in [0.4, 0.5) is 0 Å². The van der Waals surface area contributed by atoms with Gasteiger partial charge in [0.05, 0.1) is 11.3 Å². The van der Waals surface area contributed by atoms with Gasteiger partial charge in [0.25, 0.3) is 11.1 Å². The van der Waals surface area contributed by atoms with Gasteiger partial charge in [-0.3, -0.25) is 4.79 Å². The first-order valence-corrected chi connectivity index (χ1v) is 10.4. The predicted octanol–water partition coefficient (Wildman–Crippen LogP) is 5.32. The zero-order chi connectivity index (χ0) is 19.5. The van der Waals surface area contributed by atoms with Gasteiger partial charge in [0.15, 0.2) is 5.78 Å². The number of para-hydroxylation sites is 1. The lowest BCUT2D eigenvalue weighted by Gasteiger charge is -2.08. The summed E-state index contributed by atoms with van der Waals surface area (Å²) in [4.78, 5) is 16.0. The number of thioether (sulfide) groups is 1. The average molecular weight is 391 g/mol. The molecule has 4 aromatic rings. The molecule has 142 valence electrons. The number of hydrogen-bond donors (Lipinski definition) is 1. The quantitative estimate of drug-likeness (QED) is 0.341. The lowest BCUT2D eigenvalue weighted by atomic mass is 9.98. The molecular weight excluding hydrogens is 370 g/mol. The SMILES string of the molecule is CCc1ccc(CC)c(C(=O)CSc2nnc(-c3c[nH]c4ccccc34)o2)c1. The van der Waals surface area contributed by atoms with E-state index in [9.17, 15) is 4.79 Å². The van der Waals surface area contributed by atoms with Gasteiger partial charge in [-0.1, -0.05) is 55.9 Å². The van der Waals surface area contributed by atoms with Crippen LogP contribution in [0, 0.1) is 0 Å². The van der Waals surface area contributed by atoms with E-state index in [1.54, 1.807) is 0 Å². The number of carbonyl (C=O) groups excluding carboxylic acids is 1. The molecular formula is C22H21N3O2S. The van der Waals surface area contributed by atoms with E-state index >= 15 is 0 Å². The molecule has 0 bridgehead atoms. The number of nitrogens with zero attached hydrogens (tertiary/aromatic N) is 2. The Hall–Kier alpha value is -2.86. The molecule has 2 aromatic carbocycles. The molecule has 0 saturated heterocycles. The summed E-state index contributed by atoms with van der Waals surface area (Å²) in [5, 5.41) is 9.68. The van der Waals surface area contributed by atoms with Crippen LogP contribution in [0.2, 0.25) is 0 Å². The molecule has 0 aliphatic rings. The largest absolute Gasteiger partial charge is 0.411 e. The van der Waals surface area contributed by atoms with Crippen LogP contribution in [0.5, 0.6) is 0 Å². The van der Waals surface area contributed by atoms with E-state index in [1.165, 1.54) is 17.3 Å². The molecule has 4 rings (SSSR count). The summed E-state index contributed by atoms with van der Waals surface area (Å²) in [7, 11) is 0. The van der Waals surface area contributed by atoms with Crippen molar-refractivity contribution in [2.45, 2.75) is 31.9 Å². The van der Waals surface area contributed by atoms with Crippen molar-refractivity contribution in [1.82, 2.24) is 15.2 Å². The number of ketones is 1. The molecule has 0 saturated carbocycles. The van der Waals surface area contributed by atoms with Crippen molar-refractivity contribution >= 4 is 28.4 Å². The van der Waals surface area contributed by atoms with Crippen molar-refractivity contribution in [3.63, 3.8) is 0 Å². The first-order valence-electron chi connectivity index (χ1n) is 9.37. The van der Waals surface area contributed by atoms with E-state index in [1.807, 2.05) is 36.5 Å². The van der Waals surface area contributed by atoms with Crippen LogP contribution >= 0.6 is 11.8 Å². The van der Waals surface area contributed by atoms with Crippen LogP contribution in [0.15, 0.2) is 58.3 Å². The summed E-state index contributed by atoms with van der Waals surface area (Å²) in [5.74, 6) is 0.814. The molecule has 0 atom stereocenters. The number of H-pyrrole nitrogens is 1. The highest BCUT2D eigenvalue weighted by atomic mass is 32.2. The van der Waals surface area contributed by atoms with Gasteiger partial charge in [-0.2, -0.15) is 0 Å². The normalized spacial score (nSPS) is 11.2. The Kier molecular flexibility index (Phi) is 5.30. The Labute approximate surface area is 167 Å². The number of rotatable bonds is 7. The number of aryl methyl sites for hydroxylation is 2. The fourth-order valence-corrected chi connectivity index (χ4v) is 3.89. The van der Waals surface area contributed by atoms with Gasteiger partial charge in [-0.05, 0) is 36.1 Å². The number of carbonyl (C=O) groups is 1. The number of nitrogens with one attached hydrogen (secondary N) is 1. The van der Waals surface area contributed by atoms with E-state index < -0.39 is 0 Å². The molecule has 0 aliphatic heterocycles. The van der Waals surface area contributed by atoms with E-state index in [0.29, 0.717) is 11.1 Å². The molecule has 6 heteroatoms. The second-order valence-corrected chi connectivity index (χ2v) is 7.46. The van der Waals surface area contributed by atoms with E-state index in [4.69, 9.17) is 4.42 Å². The summed E-state index contributed by atoms with van der Waals surface area (Å²) in [6.07, 6.45) is 3.61. The minimum Gasteiger partial charge on any atom is -0.411 e. The van der Waals surface area contributed by atoms with Gasteiger partial charge >= 0.3 is 0 Å². The third-order valence-electron chi connectivity index (χ3n) is 4.82. The Balaban J connectivity index is 1.50. The van der Waals surface area contributed by atoms with Crippen molar-refractivity contribution in [3.05, 3.63) is 65.4 Å². The maximum atomic E-state index is 12.8. The van der Waals surface area contributed by atoms with Gasteiger partial charge < -0.3 is 9.40 Å².